The van der Waals surface area contributed by atoms with Gasteiger partial charge >= 0.3 is 0 Å². The summed E-state index contributed by atoms with van der Waals surface area (Å²) in [6.45, 7) is 3.04. The van der Waals surface area contributed by atoms with Crippen molar-refractivity contribution in [1.82, 2.24) is 4.72 Å². The van der Waals surface area contributed by atoms with Crippen LogP contribution in [0.15, 0.2) is 32.6 Å². The highest BCUT2D eigenvalue weighted by atomic mass is 35.5. The molecule has 1 atom stereocenters. The zero-order chi connectivity index (χ0) is 15.3. The van der Waals surface area contributed by atoms with Gasteiger partial charge in [-0.2, -0.15) is 0 Å². The van der Waals surface area contributed by atoms with Gasteiger partial charge in [0.15, 0.2) is 0 Å². The second-order valence-corrected chi connectivity index (χ2v) is 8.64. The van der Waals surface area contributed by atoms with Gasteiger partial charge in [-0.15, -0.1) is 11.3 Å². The van der Waals surface area contributed by atoms with E-state index >= 15 is 0 Å². The molecular weight excluding hydrogens is 326 g/mol. The molecule has 0 bridgehead atoms. The Balaban J connectivity index is 2.23. The smallest absolute Gasteiger partial charge is 0.141 e. The Morgan fingerprint density at radius 1 is 1.48 bits per heavy atom. The largest absolute Gasteiger partial charge is 0.396 e. The monoisotopic (exact) mass is 347 g/mol. The van der Waals surface area contributed by atoms with E-state index in [1.807, 2.05) is 17.5 Å². The van der Waals surface area contributed by atoms with Crippen molar-refractivity contribution < 1.29 is 5.11 Å². The van der Waals surface area contributed by atoms with Crippen LogP contribution in [-0.2, 0) is 0 Å². The zero-order valence-electron chi connectivity index (χ0n) is 12.1. The molecule has 7 heteroatoms. The molecule has 0 amide bonds. The van der Waals surface area contributed by atoms with E-state index in [0.717, 1.165) is 27.8 Å². The second kappa shape index (κ2) is 7.76. The van der Waals surface area contributed by atoms with E-state index in [2.05, 4.69) is 16.6 Å². The van der Waals surface area contributed by atoms with Crippen LogP contribution >= 0.6 is 33.3 Å². The fraction of sp³-hybridized carbons (Fsp3) is 0.500. The molecule has 2 heterocycles. The predicted octanol–water partition coefficient (Wildman–Crippen LogP) is 3.67. The maximum Gasteiger partial charge on any atom is 0.141 e. The number of hydrogen-bond acceptors (Lipinski definition) is 5. The first kappa shape index (κ1) is 17.0. The minimum absolute atomic E-state index is 0.0292. The first-order chi connectivity index (χ1) is 10.1. The van der Waals surface area contributed by atoms with E-state index in [1.165, 1.54) is 12.8 Å². The normalized spacial score (nSPS) is 25.0. The number of aliphatic hydroxyl groups excluding tert-OH is 1. The molecule has 1 aromatic heterocycles. The number of nitrogens with zero attached hydrogens (tertiary/aromatic N) is 1. The van der Waals surface area contributed by atoms with Crippen LogP contribution in [0.4, 0.5) is 0 Å². The lowest BCUT2D eigenvalue weighted by Crippen LogP contribution is -2.34. The molecule has 0 aliphatic carbocycles. The van der Waals surface area contributed by atoms with Crippen LogP contribution in [0.2, 0.25) is 0 Å². The Morgan fingerprint density at radius 3 is 2.90 bits per heavy atom. The lowest BCUT2D eigenvalue weighted by Gasteiger charge is -2.35. The summed E-state index contributed by atoms with van der Waals surface area (Å²) >= 11 is 7.89. The summed E-state index contributed by atoms with van der Waals surface area (Å²) in [6.07, 6.45) is 3.87. The first-order valence-corrected chi connectivity index (χ1v) is 10.1. The first-order valence-electron chi connectivity index (χ1n) is 7.11. The SMILES string of the molecule is CCCCCNS1(N)C(c2cccs2)=NC(Cl)=C1CCO. The molecule has 1 unspecified atom stereocenters. The summed E-state index contributed by atoms with van der Waals surface area (Å²) in [5, 5.41) is 19.3. The number of nitrogens with one attached hydrogen (secondary N) is 1. The van der Waals surface area contributed by atoms with Crippen LogP contribution in [0.25, 0.3) is 0 Å². The standard InChI is InChI=1S/C14H22ClN3OS2/c1-2-3-4-8-17-21(16)12(7-9-19)13(15)18-14(21)11-6-5-10-20-11/h5-6,10,17,19H,2-4,7-9,16H2,1H3. The Hall–Kier alpha value is -0.370. The van der Waals surface area contributed by atoms with E-state index in [4.69, 9.17) is 16.7 Å². The average Bonchev–Trinajstić information content (AvgIpc) is 3.06. The van der Waals surface area contributed by atoms with E-state index < -0.39 is 10.4 Å². The Kier molecular flexibility index (Phi) is 6.28. The number of rotatable bonds is 8. The van der Waals surface area contributed by atoms with Crippen LogP contribution in [0.3, 0.4) is 0 Å². The van der Waals surface area contributed by atoms with Crippen molar-refractivity contribution in [2.75, 3.05) is 13.2 Å². The summed E-state index contributed by atoms with van der Waals surface area (Å²) in [4.78, 5) is 6.39. The highest BCUT2D eigenvalue weighted by molar-refractivity contribution is 8.45. The summed E-state index contributed by atoms with van der Waals surface area (Å²) in [5.74, 6) is 0. The molecule has 0 aromatic carbocycles. The molecule has 4 nitrogen and oxygen atoms in total. The third-order valence-electron chi connectivity index (χ3n) is 3.30. The van der Waals surface area contributed by atoms with Crippen LogP contribution in [-0.4, -0.2) is 23.3 Å². The predicted molar refractivity (Wildman–Crippen MR) is 94.7 cm³/mol. The molecule has 2 rings (SSSR count). The third-order valence-corrected chi connectivity index (χ3v) is 7.49. The summed E-state index contributed by atoms with van der Waals surface area (Å²) in [6, 6.07) is 4.00. The van der Waals surface area contributed by atoms with E-state index in [9.17, 15) is 5.11 Å². The minimum atomic E-state index is -1.90. The van der Waals surface area contributed by atoms with Crippen LogP contribution in [0.1, 0.15) is 37.5 Å². The number of thiophene rings is 1. The molecule has 0 radical (unpaired) electrons. The van der Waals surface area contributed by atoms with Crippen LogP contribution in [0.5, 0.6) is 0 Å². The van der Waals surface area contributed by atoms with Gasteiger partial charge in [-0.3, -0.25) is 9.86 Å². The molecule has 21 heavy (non-hydrogen) atoms. The lowest BCUT2D eigenvalue weighted by atomic mass is 10.3. The number of halogens is 1. The molecule has 118 valence electrons. The quantitative estimate of drug-likeness (QED) is 0.496. The van der Waals surface area contributed by atoms with Gasteiger partial charge in [0.25, 0.3) is 0 Å². The van der Waals surface area contributed by atoms with Crippen LogP contribution < -0.4 is 9.86 Å². The molecular formula is C14H22ClN3OS2. The number of aliphatic hydroxyl groups is 1. The molecule has 1 aromatic rings. The lowest BCUT2D eigenvalue weighted by molar-refractivity contribution is 0.301. The van der Waals surface area contributed by atoms with Crippen LogP contribution in [0, 0.1) is 0 Å². The Morgan fingerprint density at radius 2 is 2.29 bits per heavy atom. The molecule has 1 aliphatic heterocycles. The number of unbranched alkanes of at least 4 members (excludes halogenated alkanes) is 2. The zero-order valence-corrected chi connectivity index (χ0v) is 14.5. The second-order valence-electron chi connectivity index (χ2n) is 4.84. The molecule has 1 aliphatic rings. The minimum Gasteiger partial charge on any atom is -0.396 e. The van der Waals surface area contributed by atoms with Crippen molar-refractivity contribution in [2.45, 2.75) is 32.6 Å². The van der Waals surface area contributed by atoms with Crippen molar-refractivity contribution in [2.24, 2.45) is 10.1 Å². The highest BCUT2D eigenvalue weighted by Crippen LogP contribution is 2.56. The van der Waals surface area contributed by atoms with Crippen molar-refractivity contribution in [1.29, 1.82) is 0 Å². The van der Waals surface area contributed by atoms with Crippen molar-refractivity contribution in [3.63, 3.8) is 0 Å². The van der Waals surface area contributed by atoms with E-state index in [0.29, 0.717) is 11.6 Å². The summed E-state index contributed by atoms with van der Waals surface area (Å²) in [7, 11) is -1.90. The molecule has 0 fully saturated rings. The van der Waals surface area contributed by atoms with E-state index in [1.54, 1.807) is 11.3 Å². The Labute approximate surface area is 136 Å². The Bertz CT molecular complexity index is 530. The number of hydrogen-bond donors (Lipinski definition) is 3. The molecule has 0 saturated carbocycles. The third kappa shape index (κ3) is 3.70. The fourth-order valence-corrected chi connectivity index (χ4v) is 6.31. The topological polar surface area (TPSA) is 70.6 Å². The van der Waals surface area contributed by atoms with Gasteiger partial charge in [0.2, 0.25) is 0 Å². The van der Waals surface area contributed by atoms with Gasteiger partial charge in [-0.25, -0.2) is 4.99 Å². The fourth-order valence-electron chi connectivity index (χ4n) is 2.22. The van der Waals surface area contributed by atoms with Crippen molar-refractivity contribution >= 4 is 38.4 Å². The van der Waals surface area contributed by atoms with Gasteiger partial charge in [-0.1, -0.05) is 47.8 Å². The maximum atomic E-state index is 9.29. The maximum absolute atomic E-state index is 9.29. The average molecular weight is 348 g/mol. The van der Waals surface area contributed by atoms with E-state index in [-0.39, 0.29) is 6.61 Å². The molecule has 0 spiro atoms. The van der Waals surface area contributed by atoms with Crippen molar-refractivity contribution in [3.8, 4) is 0 Å². The van der Waals surface area contributed by atoms with Crippen molar-refractivity contribution in [3.05, 3.63) is 32.5 Å². The summed E-state index contributed by atoms with van der Waals surface area (Å²) in [5.41, 5.74) is 0. The van der Waals surface area contributed by atoms with Gasteiger partial charge < -0.3 is 5.11 Å². The molecule has 0 saturated heterocycles. The van der Waals surface area contributed by atoms with Gasteiger partial charge in [0.1, 0.15) is 10.2 Å². The number of nitrogens with two attached hydrogens (primary N) is 1. The van der Waals surface area contributed by atoms with Gasteiger partial charge in [0.05, 0.1) is 4.88 Å². The van der Waals surface area contributed by atoms with Gasteiger partial charge in [0, 0.05) is 24.5 Å². The highest BCUT2D eigenvalue weighted by Gasteiger charge is 2.37. The van der Waals surface area contributed by atoms with Gasteiger partial charge in [-0.05, 0) is 17.9 Å². The molecule has 4 N–H and O–H groups in total. The number of aliphatic imine (C=N–C) groups is 1. The summed E-state index contributed by atoms with van der Waals surface area (Å²) < 4.78 is 3.48.